The van der Waals surface area contributed by atoms with Crippen LogP contribution in [0.4, 0.5) is 0 Å². The zero-order chi connectivity index (χ0) is 19.3. The van der Waals surface area contributed by atoms with Crippen LogP contribution in [-0.4, -0.2) is 48.2 Å². The molecule has 1 aromatic carbocycles. The minimum absolute atomic E-state index is 0.143. The number of methoxy groups -OCH3 is 2. The average molecular weight is 399 g/mol. The third kappa shape index (κ3) is 4.76. The fraction of sp³-hybridized carbons (Fsp3) is 0.444. The van der Waals surface area contributed by atoms with Crippen LogP contribution in [0.1, 0.15) is 23.4 Å². The lowest BCUT2D eigenvalue weighted by Gasteiger charge is -2.25. The van der Waals surface area contributed by atoms with E-state index in [-0.39, 0.29) is 12.6 Å². The van der Waals surface area contributed by atoms with Crippen LogP contribution in [0, 0.1) is 0 Å². The number of sulfonamides is 1. The summed E-state index contributed by atoms with van der Waals surface area (Å²) in [5.41, 5.74) is 0.941. The number of hydrogen-bond donors (Lipinski definition) is 1. The van der Waals surface area contributed by atoms with Crippen molar-refractivity contribution >= 4 is 21.4 Å². The van der Waals surface area contributed by atoms with Crippen LogP contribution >= 0.6 is 11.3 Å². The van der Waals surface area contributed by atoms with Crippen molar-refractivity contribution in [3.63, 3.8) is 0 Å². The maximum absolute atomic E-state index is 12.6. The van der Waals surface area contributed by atoms with Crippen molar-refractivity contribution in [2.45, 2.75) is 23.6 Å². The van der Waals surface area contributed by atoms with Gasteiger partial charge < -0.3 is 14.4 Å². The molecular weight excluding hydrogens is 372 g/mol. The van der Waals surface area contributed by atoms with E-state index < -0.39 is 10.0 Å². The third-order valence-electron chi connectivity index (χ3n) is 4.13. The molecule has 1 unspecified atom stereocenters. The molecule has 0 aliphatic rings. The Bertz CT molecular complexity index is 831. The first-order valence-electron chi connectivity index (χ1n) is 8.29. The highest BCUT2D eigenvalue weighted by atomic mass is 32.2. The van der Waals surface area contributed by atoms with Crippen molar-refractivity contribution in [3.05, 3.63) is 40.8 Å². The van der Waals surface area contributed by atoms with Crippen LogP contribution in [0.3, 0.4) is 0 Å². The van der Waals surface area contributed by atoms with Gasteiger partial charge in [-0.1, -0.05) is 13.0 Å². The Morgan fingerprint density at radius 3 is 2.35 bits per heavy atom. The molecule has 6 nitrogen and oxygen atoms in total. The zero-order valence-electron chi connectivity index (χ0n) is 15.8. The summed E-state index contributed by atoms with van der Waals surface area (Å²) in [5.74, 6) is 1.26. The van der Waals surface area contributed by atoms with E-state index in [1.807, 2.05) is 50.2 Å². The third-order valence-corrected chi connectivity index (χ3v) is 7.28. The molecule has 0 bridgehead atoms. The molecule has 0 aliphatic heterocycles. The second kappa shape index (κ2) is 8.85. The Kier molecular flexibility index (Phi) is 7.05. The Morgan fingerprint density at radius 2 is 1.81 bits per heavy atom. The van der Waals surface area contributed by atoms with Gasteiger partial charge in [0.25, 0.3) is 0 Å². The molecule has 144 valence electrons. The molecule has 0 radical (unpaired) electrons. The van der Waals surface area contributed by atoms with Crippen molar-refractivity contribution < 1.29 is 17.9 Å². The first-order valence-corrected chi connectivity index (χ1v) is 10.6. The van der Waals surface area contributed by atoms with Crippen molar-refractivity contribution in [1.82, 2.24) is 9.62 Å². The second-order valence-electron chi connectivity index (χ2n) is 6.02. The zero-order valence-corrected chi connectivity index (χ0v) is 17.4. The number of likely N-dealkylation sites (N-methyl/N-ethyl adjacent to an activating group) is 1. The van der Waals surface area contributed by atoms with Crippen molar-refractivity contribution in [3.8, 4) is 11.5 Å². The van der Waals surface area contributed by atoms with Gasteiger partial charge >= 0.3 is 0 Å². The molecule has 0 spiro atoms. The van der Waals surface area contributed by atoms with Gasteiger partial charge in [0, 0.05) is 17.5 Å². The maximum Gasteiger partial charge on any atom is 0.250 e. The van der Waals surface area contributed by atoms with Gasteiger partial charge in [-0.05, 0) is 50.3 Å². The molecule has 1 N–H and O–H groups in total. The van der Waals surface area contributed by atoms with Crippen molar-refractivity contribution in [2.75, 3.05) is 34.9 Å². The van der Waals surface area contributed by atoms with Gasteiger partial charge in [-0.25, -0.2) is 13.1 Å². The first-order chi connectivity index (χ1) is 12.3. The number of ether oxygens (including phenoxy) is 2. The lowest BCUT2D eigenvalue weighted by atomic mass is 10.1. The molecule has 1 aromatic heterocycles. The van der Waals surface area contributed by atoms with Gasteiger partial charge in [-0.3, -0.25) is 0 Å². The molecule has 0 fully saturated rings. The standard InChI is InChI=1S/C18H26N2O4S2/c1-6-14-8-10-18(25-14)26(21,22)19-12-15(20(2)3)13-7-9-16(23-4)17(11-13)24-5/h7-11,15,19H,6,12H2,1-5H3. The lowest BCUT2D eigenvalue weighted by molar-refractivity contribution is 0.297. The summed E-state index contributed by atoms with van der Waals surface area (Å²) in [6.45, 7) is 2.26. The highest BCUT2D eigenvalue weighted by Gasteiger charge is 2.22. The van der Waals surface area contributed by atoms with Gasteiger partial charge in [-0.2, -0.15) is 0 Å². The van der Waals surface area contributed by atoms with E-state index in [2.05, 4.69) is 4.72 Å². The van der Waals surface area contributed by atoms with Crippen LogP contribution < -0.4 is 14.2 Å². The van der Waals surface area contributed by atoms with Gasteiger partial charge in [0.1, 0.15) is 4.21 Å². The minimum Gasteiger partial charge on any atom is -0.493 e. The highest BCUT2D eigenvalue weighted by molar-refractivity contribution is 7.91. The predicted molar refractivity (Wildman–Crippen MR) is 105 cm³/mol. The Balaban J connectivity index is 2.21. The lowest BCUT2D eigenvalue weighted by Crippen LogP contribution is -2.34. The smallest absolute Gasteiger partial charge is 0.250 e. The molecule has 2 rings (SSSR count). The number of benzene rings is 1. The minimum atomic E-state index is -3.53. The van der Waals surface area contributed by atoms with E-state index in [0.29, 0.717) is 15.7 Å². The molecule has 2 aromatic rings. The van der Waals surface area contributed by atoms with Gasteiger partial charge in [0.15, 0.2) is 11.5 Å². The van der Waals surface area contributed by atoms with Crippen LogP contribution in [0.2, 0.25) is 0 Å². The number of aryl methyl sites for hydroxylation is 1. The number of thiophene rings is 1. The fourth-order valence-corrected chi connectivity index (χ4v) is 4.99. The van der Waals surface area contributed by atoms with E-state index in [0.717, 1.165) is 16.9 Å². The predicted octanol–water partition coefficient (Wildman–Crippen LogP) is 2.91. The quantitative estimate of drug-likeness (QED) is 0.703. The van der Waals surface area contributed by atoms with E-state index in [1.165, 1.54) is 11.3 Å². The summed E-state index contributed by atoms with van der Waals surface area (Å²) in [6, 6.07) is 8.99. The summed E-state index contributed by atoms with van der Waals surface area (Å²) in [7, 11) is 3.46. The molecule has 1 atom stereocenters. The van der Waals surface area contributed by atoms with Crippen LogP contribution in [0.25, 0.3) is 0 Å². The molecule has 26 heavy (non-hydrogen) atoms. The van der Waals surface area contributed by atoms with Gasteiger partial charge in [-0.15, -0.1) is 11.3 Å². The summed E-state index contributed by atoms with van der Waals surface area (Å²) in [5, 5.41) is 0. The summed E-state index contributed by atoms with van der Waals surface area (Å²) >= 11 is 1.31. The molecule has 1 heterocycles. The van der Waals surface area contributed by atoms with Crippen LogP contribution in [0.15, 0.2) is 34.5 Å². The molecule has 0 aliphatic carbocycles. The molecule has 8 heteroatoms. The molecule has 0 saturated carbocycles. The van der Waals surface area contributed by atoms with E-state index >= 15 is 0 Å². The number of nitrogens with zero attached hydrogens (tertiary/aromatic N) is 1. The van der Waals surface area contributed by atoms with Crippen molar-refractivity contribution in [1.29, 1.82) is 0 Å². The number of rotatable bonds is 9. The van der Waals surface area contributed by atoms with Crippen LogP contribution in [0.5, 0.6) is 11.5 Å². The topological polar surface area (TPSA) is 67.9 Å². The normalized spacial score (nSPS) is 13.0. The Morgan fingerprint density at radius 1 is 1.12 bits per heavy atom. The number of hydrogen-bond acceptors (Lipinski definition) is 6. The van der Waals surface area contributed by atoms with Crippen LogP contribution in [-0.2, 0) is 16.4 Å². The van der Waals surface area contributed by atoms with Gasteiger partial charge in [0.2, 0.25) is 10.0 Å². The Hall–Kier alpha value is -1.61. The van der Waals surface area contributed by atoms with Gasteiger partial charge in [0.05, 0.1) is 14.2 Å². The highest BCUT2D eigenvalue weighted by Crippen LogP contribution is 2.31. The average Bonchev–Trinajstić information content (AvgIpc) is 3.11. The SMILES string of the molecule is CCc1ccc(S(=O)(=O)NCC(c2ccc(OC)c(OC)c2)N(C)C)s1. The largest absolute Gasteiger partial charge is 0.493 e. The first kappa shape index (κ1) is 20.7. The molecular formula is C18H26N2O4S2. The monoisotopic (exact) mass is 398 g/mol. The molecule has 0 saturated heterocycles. The van der Waals surface area contributed by atoms with E-state index in [4.69, 9.17) is 9.47 Å². The second-order valence-corrected chi connectivity index (χ2v) is 9.18. The van der Waals surface area contributed by atoms with E-state index in [1.54, 1.807) is 20.3 Å². The Labute approximate surface area is 159 Å². The fourth-order valence-electron chi connectivity index (χ4n) is 2.61. The molecule has 0 amide bonds. The van der Waals surface area contributed by atoms with E-state index in [9.17, 15) is 8.42 Å². The maximum atomic E-state index is 12.6. The van der Waals surface area contributed by atoms with Crippen molar-refractivity contribution in [2.24, 2.45) is 0 Å². The summed E-state index contributed by atoms with van der Waals surface area (Å²) < 4.78 is 38.9. The summed E-state index contributed by atoms with van der Waals surface area (Å²) in [6.07, 6.45) is 0.826. The number of nitrogens with one attached hydrogen (secondary N) is 1. The summed E-state index contributed by atoms with van der Waals surface area (Å²) in [4.78, 5) is 3.02.